The van der Waals surface area contributed by atoms with Gasteiger partial charge in [0.05, 0.1) is 11.4 Å². The van der Waals surface area contributed by atoms with E-state index in [1.165, 1.54) is 0 Å². The molecule has 0 unspecified atom stereocenters. The Hall–Kier alpha value is -2.89. The molecule has 2 aliphatic rings. The summed E-state index contributed by atoms with van der Waals surface area (Å²) in [5.41, 5.74) is 4.62. The Balaban J connectivity index is 1.45. The first-order valence-electron chi connectivity index (χ1n) is 11.0. The number of hydrogen-bond acceptors (Lipinski definition) is 3. The number of aryl methyl sites for hydroxylation is 2. The Bertz CT molecular complexity index is 958. The number of carbonyl (C=O) groups is 2. The Labute approximate surface area is 178 Å². The van der Waals surface area contributed by atoms with Crippen molar-refractivity contribution in [2.75, 3.05) is 11.9 Å². The predicted molar refractivity (Wildman–Crippen MR) is 118 cm³/mol. The average Bonchev–Trinajstić information content (AvgIpc) is 3.12. The van der Waals surface area contributed by atoms with E-state index in [4.69, 9.17) is 0 Å². The summed E-state index contributed by atoms with van der Waals surface area (Å²) in [4.78, 5) is 27.9. The number of allylic oxidation sites excluding steroid dienone is 1. The number of carbonyl (C=O) groups excluding carboxylic acids is 2. The molecule has 0 saturated carbocycles. The third kappa shape index (κ3) is 4.32. The lowest BCUT2D eigenvalue weighted by Gasteiger charge is -2.35. The minimum Gasteiger partial charge on any atom is -0.327 e. The molecule has 158 valence electrons. The van der Waals surface area contributed by atoms with Gasteiger partial charge in [-0.25, -0.2) is 4.68 Å². The molecule has 1 fully saturated rings. The predicted octanol–water partition coefficient (Wildman–Crippen LogP) is 4.31. The zero-order valence-electron chi connectivity index (χ0n) is 17.9. The molecule has 0 radical (unpaired) electrons. The smallest absolute Gasteiger partial charge is 0.250 e. The van der Waals surface area contributed by atoms with Crippen LogP contribution in [0.3, 0.4) is 0 Å². The molecule has 6 heteroatoms. The monoisotopic (exact) mass is 406 g/mol. The zero-order chi connectivity index (χ0) is 21.1. The van der Waals surface area contributed by atoms with Crippen LogP contribution in [-0.2, 0) is 9.59 Å². The van der Waals surface area contributed by atoms with Crippen LogP contribution in [0.25, 0.3) is 5.69 Å². The standard InChI is InChI=1S/C24H30N4O2/c1-17-16-18(2)28(26-17)21-13-11-20(12-14-21)25-23(29)22-10-6-7-15-27(22)24(30)19-8-4-3-5-9-19/h8,11-14,16,22H,3-7,9-10,15H2,1-2H3,(H,25,29)/t22-/m1/s1. The van der Waals surface area contributed by atoms with Crippen LogP contribution in [-0.4, -0.2) is 39.1 Å². The second kappa shape index (κ2) is 8.86. The number of rotatable bonds is 4. The second-order valence-corrected chi connectivity index (χ2v) is 8.36. The highest BCUT2D eigenvalue weighted by Crippen LogP contribution is 2.25. The molecule has 1 aliphatic carbocycles. The normalized spacial score (nSPS) is 19.3. The van der Waals surface area contributed by atoms with Crippen molar-refractivity contribution in [3.8, 4) is 5.69 Å². The molecule has 2 aromatic rings. The van der Waals surface area contributed by atoms with Crippen molar-refractivity contribution in [3.63, 3.8) is 0 Å². The number of benzene rings is 1. The van der Waals surface area contributed by atoms with Gasteiger partial charge in [0.2, 0.25) is 11.8 Å². The number of nitrogens with one attached hydrogen (secondary N) is 1. The van der Waals surface area contributed by atoms with Crippen molar-refractivity contribution >= 4 is 17.5 Å². The zero-order valence-corrected chi connectivity index (χ0v) is 17.9. The quantitative estimate of drug-likeness (QED) is 0.823. The van der Waals surface area contributed by atoms with Crippen molar-refractivity contribution in [2.24, 2.45) is 0 Å². The maximum absolute atomic E-state index is 13.0. The van der Waals surface area contributed by atoms with E-state index in [-0.39, 0.29) is 11.8 Å². The fraction of sp³-hybridized carbons (Fsp3) is 0.458. The summed E-state index contributed by atoms with van der Waals surface area (Å²) in [5.74, 6) is -0.0484. The number of anilines is 1. The van der Waals surface area contributed by atoms with Crippen LogP contribution < -0.4 is 5.32 Å². The first-order valence-corrected chi connectivity index (χ1v) is 11.0. The van der Waals surface area contributed by atoms with Crippen LogP contribution in [0.2, 0.25) is 0 Å². The minimum absolute atomic E-state index is 0.0504. The minimum atomic E-state index is -0.398. The first kappa shape index (κ1) is 20.4. The molecule has 1 atom stereocenters. The van der Waals surface area contributed by atoms with E-state index in [9.17, 15) is 9.59 Å². The lowest BCUT2D eigenvalue weighted by atomic mass is 9.95. The van der Waals surface area contributed by atoms with Crippen molar-refractivity contribution in [1.82, 2.24) is 14.7 Å². The fourth-order valence-electron chi connectivity index (χ4n) is 4.47. The van der Waals surface area contributed by atoms with E-state index in [2.05, 4.69) is 16.5 Å². The molecular weight excluding hydrogens is 376 g/mol. The topological polar surface area (TPSA) is 67.2 Å². The average molecular weight is 407 g/mol. The van der Waals surface area contributed by atoms with Crippen LogP contribution in [0.5, 0.6) is 0 Å². The molecular formula is C24H30N4O2. The molecule has 2 amide bonds. The van der Waals surface area contributed by atoms with Crippen LogP contribution in [0, 0.1) is 13.8 Å². The molecule has 1 aromatic heterocycles. The molecule has 1 aromatic carbocycles. The summed E-state index contributed by atoms with van der Waals surface area (Å²) in [6.45, 7) is 4.65. The van der Waals surface area contributed by atoms with E-state index in [1.807, 2.05) is 48.9 Å². The van der Waals surface area contributed by atoms with Crippen molar-refractivity contribution in [1.29, 1.82) is 0 Å². The molecule has 0 spiro atoms. The number of likely N-dealkylation sites (tertiary alicyclic amines) is 1. The van der Waals surface area contributed by atoms with Crippen LogP contribution in [0.15, 0.2) is 42.0 Å². The summed E-state index contributed by atoms with van der Waals surface area (Å²) in [7, 11) is 0. The SMILES string of the molecule is Cc1cc(C)n(-c2ccc(NC(=O)[C@H]3CCCCN3C(=O)C3=CCCCC3)cc2)n1. The maximum atomic E-state index is 13.0. The number of piperidine rings is 1. The molecule has 6 nitrogen and oxygen atoms in total. The van der Waals surface area contributed by atoms with E-state index in [1.54, 1.807) is 4.90 Å². The van der Waals surface area contributed by atoms with Gasteiger partial charge in [-0.1, -0.05) is 6.08 Å². The molecule has 30 heavy (non-hydrogen) atoms. The molecule has 1 saturated heterocycles. The largest absolute Gasteiger partial charge is 0.327 e. The summed E-state index contributed by atoms with van der Waals surface area (Å²) in [6.07, 6.45) is 8.71. The van der Waals surface area contributed by atoms with Gasteiger partial charge >= 0.3 is 0 Å². The highest BCUT2D eigenvalue weighted by Gasteiger charge is 2.33. The highest BCUT2D eigenvalue weighted by molar-refractivity contribution is 6.01. The second-order valence-electron chi connectivity index (χ2n) is 8.36. The highest BCUT2D eigenvalue weighted by atomic mass is 16.2. The number of aromatic nitrogens is 2. The molecule has 4 rings (SSSR count). The Morgan fingerprint density at radius 1 is 1.07 bits per heavy atom. The van der Waals surface area contributed by atoms with Gasteiger partial charge in [0.15, 0.2) is 0 Å². The van der Waals surface area contributed by atoms with Gasteiger partial charge in [-0.2, -0.15) is 5.10 Å². The van der Waals surface area contributed by atoms with E-state index in [0.29, 0.717) is 13.0 Å². The molecule has 2 heterocycles. The Morgan fingerprint density at radius 3 is 2.53 bits per heavy atom. The first-order chi connectivity index (χ1) is 14.5. The summed E-state index contributed by atoms with van der Waals surface area (Å²) >= 11 is 0. The molecule has 1 aliphatic heterocycles. The van der Waals surface area contributed by atoms with Gasteiger partial charge in [0.1, 0.15) is 6.04 Å². The van der Waals surface area contributed by atoms with Crippen LogP contribution >= 0.6 is 0 Å². The van der Waals surface area contributed by atoms with E-state index in [0.717, 1.165) is 66.9 Å². The Morgan fingerprint density at radius 2 is 1.87 bits per heavy atom. The molecule has 0 bridgehead atoms. The van der Waals surface area contributed by atoms with Gasteiger partial charge in [-0.3, -0.25) is 9.59 Å². The summed E-state index contributed by atoms with van der Waals surface area (Å²) in [6, 6.07) is 9.32. The third-order valence-corrected chi connectivity index (χ3v) is 6.02. The third-order valence-electron chi connectivity index (χ3n) is 6.02. The summed E-state index contributed by atoms with van der Waals surface area (Å²) < 4.78 is 1.89. The van der Waals surface area contributed by atoms with Gasteiger partial charge < -0.3 is 10.2 Å². The molecule has 1 N–H and O–H groups in total. The van der Waals surface area contributed by atoms with Crippen LogP contribution in [0.1, 0.15) is 56.3 Å². The van der Waals surface area contributed by atoms with E-state index >= 15 is 0 Å². The lowest BCUT2D eigenvalue weighted by molar-refractivity contribution is -0.137. The van der Waals surface area contributed by atoms with Gasteiger partial charge in [0.25, 0.3) is 0 Å². The van der Waals surface area contributed by atoms with E-state index < -0.39 is 6.04 Å². The van der Waals surface area contributed by atoms with Crippen LogP contribution in [0.4, 0.5) is 5.69 Å². The number of nitrogens with zero attached hydrogens (tertiary/aromatic N) is 3. The van der Waals surface area contributed by atoms with Crippen molar-refractivity contribution < 1.29 is 9.59 Å². The lowest BCUT2D eigenvalue weighted by Crippen LogP contribution is -2.50. The maximum Gasteiger partial charge on any atom is 0.250 e. The Kier molecular flexibility index (Phi) is 6.02. The summed E-state index contributed by atoms with van der Waals surface area (Å²) in [5, 5.41) is 7.51. The number of hydrogen-bond donors (Lipinski definition) is 1. The van der Waals surface area contributed by atoms with Gasteiger partial charge in [-0.15, -0.1) is 0 Å². The van der Waals surface area contributed by atoms with Gasteiger partial charge in [0, 0.05) is 23.5 Å². The van der Waals surface area contributed by atoms with Gasteiger partial charge in [-0.05, 0) is 89.1 Å². The van der Waals surface area contributed by atoms with Crippen molar-refractivity contribution in [3.05, 3.63) is 53.4 Å². The fourth-order valence-corrected chi connectivity index (χ4v) is 4.47. The van der Waals surface area contributed by atoms with Crippen molar-refractivity contribution in [2.45, 2.75) is 64.8 Å². The number of amides is 2.